The SMILES string of the molecule is O=C(N[C@@H](CO)C(=O)N1CCOCC1)c1ccc(F)cc1. The second-order valence-corrected chi connectivity index (χ2v) is 4.65. The number of halogens is 1. The summed E-state index contributed by atoms with van der Waals surface area (Å²) in [4.78, 5) is 25.7. The average Bonchev–Trinajstić information content (AvgIpc) is 2.53. The molecule has 0 unspecified atom stereocenters. The first-order valence-corrected chi connectivity index (χ1v) is 6.65. The molecule has 1 saturated heterocycles. The van der Waals surface area contributed by atoms with Gasteiger partial charge in [-0.25, -0.2) is 4.39 Å². The Morgan fingerprint density at radius 1 is 1.29 bits per heavy atom. The van der Waals surface area contributed by atoms with Gasteiger partial charge in [0.15, 0.2) is 0 Å². The highest BCUT2D eigenvalue weighted by atomic mass is 19.1. The number of morpholine rings is 1. The van der Waals surface area contributed by atoms with E-state index in [2.05, 4.69) is 5.32 Å². The Bertz CT molecular complexity index is 500. The number of carbonyl (C=O) groups is 2. The molecule has 0 saturated carbocycles. The minimum atomic E-state index is -1.01. The van der Waals surface area contributed by atoms with Crippen LogP contribution >= 0.6 is 0 Å². The van der Waals surface area contributed by atoms with E-state index in [1.165, 1.54) is 17.0 Å². The van der Waals surface area contributed by atoms with Gasteiger partial charge in [0.05, 0.1) is 19.8 Å². The smallest absolute Gasteiger partial charge is 0.251 e. The molecule has 1 aromatic carbocycles. The van der Waals surface area contributed by atoms with E-state index >= 15 is 0 Å². The molecule has 0 bridgehead atoms. The molecule has 0 spiro atoms. The van der Waals surface area contributed by atoms with Crippen LogP contribution in [0.5, 0.6) is 0 Å². The summed E-state index contributed by atoms with van der Waals surface area (Å²) in [5.74, 6) is -1.33. The number of hydrogen-bond acceptors (Lipinski definition) is 4. The van der Waals surface area contributed by atoms with Crippen molar-refractivity contribution in [3.8, 4) is 0 Å². The molecule has 1 aliphatic heterocycles. The lowest BCUT2D eigenvalue weighted by atomic mass is 10.2. The van der Waals surface area contributed by atoms with Gasteiger partial charge < -0.3 is 20.1 Å². The molecule has 1 heterocycles. The summed E-state index contributed by atoms with van der Waals surface area (Å²) >= 11 is 0. The minimum Gasteiger partial charge on any atom is -0.394 e. The summed E-state index contributed by atoms with van der Waals surface area (Å²) in [6.45, 7) is 1.25. The van der Waals surface area contributed by atoms with Crippen molar-refractivity contribution >= 4 is 11.8 Å². The number of aliphatic hydroxyl groups excluding tert-OH is 1. The molecule has 7 heteroatoms. The second kappa shape index (κ2) is 7.14. The Morgan fingerprint density at radius 2 is 1.90 bits per heavy atom. The summed E-state index contributed by atoms with van der Waals surface area (Å²) < 4.78 is 18.0. The van der Waals surface area contributed by atoms with Gasteiger partial charge in [0.2, 0.25) is 5.91 Å². The number of ether oxygens (including phenoxy) is 1. The Balaban J connectivity index is 1.99. The van der Waals surface area contributed by atoms with Crippen LogP contribution in [0.25, 0.3) is 0 Å². The first-order valence-electron chi connectivity index (χ1n) is 6.65. The zero-order chi connectivity index (χ0) is 15.2. The van der Waals surface area contributed by atoms with Crippen molar-refractivity contribution < 1.29 is 23.8 Å². The van der Waals surface area contributed by atoms with Crippen molar-refractivity contribution in [3.63, 3.8) is 0 Å². The van der Waals surface area contributed by atoms with Gasteiger partial charge >= 0.3 is 0 Å². The standard InChI is InChI=1S/C14H17FN2O4/c15-11-3-1-10(2-4-11)13(19)16-12(9-18)14(20)17-5-7-21-8-6-17/h1-4,12,18H,5-9H2,(H,16,19)/t12-/m0/s1. The fourth-order valence-electron chi connectivity index (χ4n) is 2.03. The van der Waals surface area contributed by atoms with Crippen LogP contribution in [-0.2, 0) is 9.53 Å². The van der Waals surface area contributed by atoms with Crippen LogP contribution in [0, 0.1) is 5.82 Å². The van der Waals surface area contributed by atoms with E-state index in [0.29, 0.717) is 26.3 Å². The molecule has 0 aliphatic carbocycles. The number of nitrogens with one attached hydrogen (secondary N) is 1. The highest BCUT2D eigenvalue weighted by molar-refractivity contribution is 5.97. The van der Waals surface area contributed by atoms with Gasteiger partial charge in [0.25, 0.3) is 5.91 Å². The topological polar surface area (TPSA) is 78.9 Å². The van der Waals surface area contributed by atoms with Crippen molar-refractivity contribution in [1.82, 2.24) is 10.2 Å². The molecule has 6 nitrogen and oxygen atoms in total. The van der Waals surface area contributed by atoms with Crippen molar-refractivity contribution in [3.05, 3.63) is 35.6 Å². The van der Waals surface area contributed by atoms with Gasteiger partial charge in [-0.1, -0.05) is 0 Å². The number of carbonyl (C=O) groups excluding carboxylic acids is 2. The number of hydrogen-bond donors (Lipinski definition) is 2. The molecule has 21 heavy (non-hydrogen) atoms. The van der Waals surface area contributed by atoms with Crippen LogP contribution < -0.4 is 5.32 Å². The number of amides is 2. The highest BCUT2D eigenvalue weighted by Gasteiger charge is 2.26. The fourth-order valence-corrected chi connectivity index (χ4v) is 2.03. The molecule has 1 aliphatic rings. The van der Waals surface area contributed by atoms with Gasteiger partial charge in [-0.15, -0.1) is 0 Å². The third-order valence-electron chi connectivity index (χ3n) is 3.22. The molecule has 0 radical (unpaired) electrons. The predicted molar refractivity (Wildman–Crippen MR) is 72.1 cm³/mol. The average molecular weight is 296 g/mol. The normalized spacial score (nSPS) is 16.4. The Hall–Kier alpha value is -1.99. The van der Waals surface area contributed by atoms with Gasteiger partial charge in [-0.3, -0.25) is 9.59 Å². The van der Waals surface area contributed by atoms with E-state index in [0.717, 1.165) is 12.1 Å². The zero-order valence-electron chi connectivity index (χ0n) is 11.4. The molecule has 2 amide bonds. The highest BCUT2D eigenvalue weighted by Crippen LogP contribution is 2.05. The lowest BCUT2D eigenvalue weighted by Gasteiger charge is -2.30. The van der Waals surface area contributed by atoms with Crippen molar-refractivity contribution in [1.29, 1.82) is 0 Å². The van der Waals surface area contributed by atoms with Gasteiger partial charge in [-0.2, -0.15) is 0 Å². The molecule has 1 fully saturated rings. The number of rotatable bonds is 4. The third-order valence-corrected chi connectivity index (χ3v) is 3.22. The number of nitrogens with zero attached hydrogens (tertiary/aromatic N) is 1. The van der Waals surface area contributed by atoms with Crippen molar-refractivity contribution in [2.45, 2.75) is 6.04 Å². The van der Waals surface area contributed by atoms with Gasteiger partial charge in [-0.05, 0) is 24.3 Å². The van der Waals surface area contributed by atoms with Gasteiger partial charge in [0, 0.05) is 18.7 Å². The Morgan fingerprint density at radius 3 is 2.48 bits per heavy atom. The monoisotopic (exact) mass is 296 g/mol. The summed E-state index contributed by atoms with van der Waals surface area (Å²) in [6, 6.07) is 3.94. The molecule has 0 aromatic heterocycles. The first-order chi connectivity index (χ1) is 10.1. The Labute approximate surface area is 121 Å². The van der Waals surface area contributed by atoms with Crippen LogP contribution in [-0.4, -0.2) is 60.8 Å². The maximum absolute atomic E-state index is 12.8. The maximum atomic E-state index is 12.8. The van der Waals surface area contributed by atoms with Crippen LogP contribution in [0.1, 0.15) is 10.4 Å². The summed E-state index contributed by atoms with van der Waals surface area (Å²) in [5.41, 5.74) is 0.227. The largest absolute Gasteiger partial charge is 0.394 e. The summed E-state index contributed by atoms with van der Waals surface area (Å²) in [5, 5.41) is 11.8. The summed E-state index contributed by atoms with van der Waals surface area (Å²) in [6.07, 6.45) is 0. The van der Waals surface area contributed by atoms with Crippen LogP contribution in [0.2, 0.25) is 0 Å². The van der Waals surface area contributed by atoms with E-state index in [4.69, 9.17) is 4.74 Å². The molecular formula is C14H17FN2O4. The van der Waals surface area contributed by atoms with Gasteiger partial charge in [0.1, 0.15) is 11.9 Å². The number of aliphatic hydroxyl groups is 1. The maximum Gasteiger partial charge on any atom is 0.251 e. The molecule has 1 atom stereocenters. The van der Waals surface area contributed by atoms with E-state index in [-0.39, 0.29) is 11.5 Å². The number of benzene rings is 1. The van der Waals surface area contributed by atoms with E-state index in [1.807, 2.05) is 0 Å². The molecule has 1 aromatic rings. The van der Waals surface area contributed by atoms with E-state index < -0.39 is 24.4 Å². The van der Waals surface area contributed by atoms with Crippen LogP contribution in [0.15, 0.2) is 24.3 Å². The predicted octanol–water partition coefficient (Wildman–Crippen LogP) is -0.225. The molecule has 2 N–H and O–H groups in total. The minimum absolute atomic E-state index is 0.227. The van der Waals surface area contributed by atoms with E-state index in [9.17, 15) is 19.1 Å². The lowest BCUT2D eigenvalue weighted by molar-refractivity contribution is -0.138. The van der Waals surface area contributed by atoms with Crippen molar-refractivity contribution in [2.24, 2.45) is 0 Å². The molecular weight excluding hydrogens is 279 g/mol. The van der Waals surface area contributed by atoms with Crippen LogP contribution in [0.3, 0.4) is 0 Å². The van der Waals surface area contributed by atoms with Crippen molar-refractivity contribution in [2.75, 3.05) is 32.9 Å². The third kappa shape index (κ3) is 3.99. The fraction of sp³-hybridized carbons (Fsp3) is 0.429. The molecule has 114 valence electrons. The Kier molecular flexibility index (Phi) is 5.24. The van der Waals surface area contributed by atoms with E-state index in [1.54, 1.807) is 0 Å². The quantitative estimate of drug-likeness (QED) is 0.805. The van der Waals surface area contributed by atoms with Crippen LogP contribution in [0.4, 0.5) is 4.39 Å². The lowest BCUT2D eigenvalue weighted by Crippen LogP contribution is -2.53. The first kappa shape index (κ1) is 15.4. The second-order valence-electron chi connectivity index (χ2n) is 4.65. The zero-order valence-corrected chi connectivity index (χ0v) is 11.4. The molecule has 2 rings (SSSR count). The summed E-state index contributed by atoms with van der Waals surface area (Å²) in [7, 11) is 0.